The lowest BCUT2D eigenvalue weighted by molar-refractivity contribution is 1.07. The van der Waals surface area contributed by atoms with Crippen molar-refractivity contribution < 1.29 is 0 Å². The molecule has 33 heavy (non-hydrogen) atoms. The predicted molar refractivity (Wildman–Crippen MR) is 136 cm³/mol. The molecule has 0 N–H and O–H groups in total. The summed E-state index contributed by atoms with van der Waals surface area (Å²) < 4.78 is 0. The first kappa shape index (κ1) is 19.6. The predicted octanol–water partition coefficient (Wildman–Crippen LogP) is 7.83. The molecule has 6 aromatic rings. The van der Waals surface area contributed by atoms with Crippen molar-refractivity contribution in [2.45, 2.75) is 0 Å². The van der Waals surface area contributed by atoms with Gasteiger partial charge in [0.05, 0.1) is 0 Å². The van der Waals surface area contributed by atoms with Gasteiger partial charge in [-0.15, -0.1) is 0 Å². The summed E-state index contributed by atoms with van der Waals surface area (Å²) in [5.41, 5.74) is 4.14. The van der Waals surface area contributed by atoms with Gasteiger partial charge in [0.25, 0.3) is 0 Å². The average Bonchev–Trinajstić information content (AvgIpc) is 2.88. The van der Waals surface area contributed by atoms with Crippen LogP contribution in [0.3, 0.4) is 0 Å². The minimum atomic E-state index is 0.184. The van der Waals surface area contributed by atoms with E-state index in [2.05, 4.69) is 81.7 Å². The number of aromatic nitrogens is 3. The molecular formula is C29H18ClN3. The molecule has 0 aliphatic carbocycles. The molecule has 0 spiro atoms. The number of nitrogens with zero attached hydrogens (tertiary/aromatic N) is 3. The van der Waals surface area contributed by atoms with Gasteiger partial charge < -0.3 is 0 Å². The highest BCUT2D eigenvalue weighted by Gasteiger charge is 2.11. The van der Waals surface area contributed by atoms with Gasteiger partial charge in [-0.05, 0) is 50.3 Å². The van der Waals surface area contributed by atoms with E-state index in [0.29, 0.717) is 11.6 Å². The van der Waals surface area contributed by atoms with Gasteiger partial charge in [0.2, 0.25) is 5.28 Å². The lowest BCUT2D eigenvalue weighted by atomic mass is 9.93. The maximum Gasteiger partial charge on any atom is 0.226 e. The SMILES string of the molecule is Clc1nc(-c2ccccc2)nc(-c2ccc(-c3cc4ccccc4c4ccccc34)cc2)n1. The minimum absolute atomic E-state index is 0.184. The van der Waals surface area contributed by atoms with E-state index in [1.165, 1.54) is 27.1 Å². The maximum absolute atomic E-state index is 6.24. The van der Waals surface area contributed by atoms with Crippen LogP contribution in [0.1, 0.15) is 0 Å². The first-order chi connectivity index (χ1) is 16.3. The van der Waals surface area contributed by atoms with Crippen molar-refractivity contribution in [1.82, 2.24) is 15.0 Å². The van der Waals surface area contributed by atoms with E-state index in [1.54, 1.807) is 0 Å². The molecular weight excluding hydrogens is 426 g/mol. The molecule has 1 aromatic heterocycles. The van der Waals surface area contributed by atoms with Crippen LogP contribution in [-0.2, 0) is 0 Å². The van der Waals surface area contributed by atoms with Gasteiger partial charge in [0.1, 0.15) is 0 Å². The highest BCUT2D eigenvalue weighted by molar-refractivity contribution is 6.28. The highest BCUT2D eigenvalue weighted by Crippen LogP contribution is 2.35. The Balaban J connectivity index is 1.45. The quantitative estimate of drug-likeness (QED) is 0.261. The zero-order valence-corrected chi connectivity index (χ0v) is 18.4. The van der Waals surface area contributed by atoms with E-state index in [1.807, 2.05) is 42.5 Å². The van der Waals surface area contributed by atoms with E-state index in [0.717, 1.165) is 16.7 Å². The van der Waals surface area contributed by atoms with Gasteiger partial charge in [-0.25, -0.2) is 4.98 Å². The fourth-order valence-electron chi connectivity index (χ4n) is 4.29. The molecule has 0 radical (unpaired) electrons. The van der Waals surface area contributed by atoms with Crippen molar-refractivity contribution >= 4 is 33.1 Å². The Hall–Kier alpha value is -4.08. The molecule has 0 aliphatic heterocycles. The van der Waals surface area contributed by atoms with Crippen molar-refractivity contribution in [3.8, 4) is 33.9 Å². The summed E-state index contributed by atoms with van der Waals surface area (Å²) in [5, 5.41) is 5.17. The van der Waals surface area contributed by atoms with Crippen LogP contribution in [0.2, 0.25) is 5.28 Å². The van der Waals surface area contributed by atoms with Gasteiger partial charge in [-0.2, -0.15) is 9.97 Å². The number of hydrogen-bond donors (Lipinski definition) is 0. The second-order valence-corrected chi connectivity index (χ2v) is 8.22. The summed E-state index contributed by atoms with van der Waals surface area (Å²) in [6, 6.07) is 37.4. The number of halogens is 1. The van der Waals surface area contributed by atoms with Crippen LogP contribution in [0.25, 0.3) is 55.4 Å². The molecule has 0 saturated carbocycles. The molecule has 0 saturated heterocycles. The number of fused-ring (bicyclic) bond motifs is 3. The van der Waals surface area contributed by atoms with Crippen molar-refractivity contribution in [1.29, 1.82) is 0 Å². The largest absolute Gasteiger partial charge is 0.226 e. The normalized spacial score (nSPS) is 11.2. The Labute approximate surface area is 196 Å². The molecule has 5 aromatic carbocycles. The van der Waals surface area contributed by atoms with Gasteiger partial charge in [-0.3, -0.25) is 0 Å². The third kappa shape index (κ3) is 3.63. The highest BCUT2D eigenvalue weighted by atomic mass is 35.5. The van der Waals surface area contributed by atoms with Crippen LogP contribution in [0.5, 0.6) is 0 Å². The molecule has 0 atom stereocenters. The Morgan fingerprint density at radius 3 is 1.73 bits per heavy atom. The molecule has 3 nitrogen and oxygen atoms in total. The van der Waals surface area contributed by atoms with E-state index < -0.39 is 0 Å². The van der Waals surface area contributed by atoms with Gasteiger partial charge in [-0.1, -0.05) is 103 Å². The van der Waals surface area contributed by atoms with Gasteiger partial charge >= 0.3 is 0 Å². The van der Waals surface area contributed by atoms with Gasteiger partial charge in [0.15, 0.2) is 11.6 Å². The zero-order chi connectivity index (χ0) is 22.2. The molecule has 0 fully saturated rings. The van der Waals surface area contributed by atoms with Crippen molar-refractivity contribution in [3.05, 3.63) is 114 Å². The molecule has 156 valence electrons. The van der Waals surface area contributed by atoms with Crippen LogP contribution in [0.4, 0.5) is 0 Å². The average molecular weight is 444 g/mol. The van der Waals surface area contributed by atoms with Crippen LogP contribution < -0.4 is 0 Å². The monoisotopic (exact) mass is 443 g/mol. The Morgan fingerprint density at radius 2 is 1.00 bits per heavy atom. The molecule has 0 aliphatic rings. The minimum Gasteiger partial charge on any atom is -0.208 e. The first-order valence-electron chi connectivity index (χ1n) is 10.7. The fourth-order valence-corrected chi connectivity index (χ4v) is 4.45. The molecule has 0 amide bonds. The van der Waals surface area contributed by atoms with Crippen molar-refractivity contribution in [2.24, 2.45) is 0 Å². The third-order valence-electron chi connectivity index (χ3n) is 5.86. The Bertz CT molecular complexity index is 1610. The summed E-state index contributed by atoms with van der Waals surface area (Å²) in [4.78, 5) is 13.3. The summed E-state index contributed by atoms with van der Waals surface area (Å²) >= 11 is 6.24. The lowest BCUT2D eigenvalue weighted by Crippen LogP contribution is -1.97. The fraction of sp³-hybridized carbons (Fsp3) is 0. The molecule has 4 heteroatoms. The Morgan fingerprint density at radius 1 is 0.455 bits per heavy atom. The summed E-state index contributed by atoms with van der Waals surface area (Å²) in [6.45, 7) is 0. The van der Waals surface area contributed by atoms with E-state index >= 15 is 0 Å². The summed E-state index contributed by atoms with van der Waals surface area (Å²) in [5.74, 6) is 1.12. The van der Waals surface area contributed by atoms with Crippen LogP contribution in [0, 0.1) is 0 Å². The molecule has 6 rings (SSSR count). The van der Waals surface area contributed by atoms with Crippen LogP contribution in [-0.4, -0.2) is 15.0 Å². The van der Waals surface area contributed by atoms with E-state index in [9.17, 15) is 0 Å². The zero-order valence-electron chi connectivity index (χ0n) is 17.6. The standard InChI is InChI=1S/C29H18ClN3/c30-29-32-27(20-8-2-1-3-9-20)31-28(33-29)21-16-14-19(15-17-21)26-18-22-10-4-5-11-23(22)24-12-6-7-13-25(24)26/h1-18H. The van der Waals surface area contributed by atoms with Gasteiger partial charge in [0, 0.05) is 11.1 Å². The number of hydrogen-bond acceptors (Lipinski definition) is 3. The van der Waals surface area contributed by atoms with E-state index in [4.69, 9.17) is 11.6 Å². The molecule has 1 heterocycles. The second-order valence-electron chi connectivity index (χ2n) is 7.89. The smallest absolute Gasteiger partial charge is 0.208 e. The summed E-state index contributed by atoms with van der Waals surface area (Å²) in [7, 11) is 0. The molecule has 0 unspecified atom stereocenters. The Kier molecular flexibility index (Phi) is 4.82. The summed E-state index contributed by atoms with van der Waals surface area (Å²) in [6.07, 6.45) is 0. The number of rotatable bonds is 3. The van der Waals surface area contributed by atoms with Crippen molar-refractivity contribution in [3.63, 3.8) is 0 Å². The third-order valence-corrected chi connectivity index (χ3v) is 6.03. The topological polar surface area (TPSA) is 38.7 Å². The first-order valence-corrected chi connectivity index (χ1v) is 11.1. The van der Waals surface area contributed by atoms with Crippen LogP contribution in [0.15, 0.2) is 109 Å². The van der Waals surface area contributed by atoms with Crippen molar-refractivity contribution in [2.75, 3.05) is 0 Å². The second kappa shape index (κ2) is 8.12. The lowest BCUT2D eigenvalue weighted by Gasteiger charge is -2.11. The maximum atomic E-state index is 6.24. The van der Waals surface area contributed by atoms with E-state index in [-0.39, 0.29) is 5.28 Å². The molecule has 0 bridgehead atoms. The number of benzene rings is 5. The van der Waals surface area contributed by atoms with Crippen LogP contribution >= 0.6 is 11.6 Å².